The lowest BCUT2D eigenvalue weighted by Gasteiger charge is -2.07. The number of nitrogens with one attached hydrogen (secondary N) is 1. The number of hydrogen-bond donors (Lipinski definition) is 1. The molecule has 0 fully saturated rings. The third-order valence-electron chi connectivity index (χ3n) is 2.80. The van der Waals surface area contributed by atoms with Crippen molar-refractivity contribution in [2.45, 2.75) is 26.7 Å². The van der Waals surface area contributed by atoms with Crippen molar-refractivity contribution in [1.82, 2.24) is 0 Å². The summed E-state index contributed by atoms with van der Waals surface area (Å²) in [6.07, 6.45) is 0. The highest BCUT2D eigenvalue weighted by molar-refractivity contribution is 6.02. The number of anilines is 1. The molecule has 1 aromatic heterocycles. The van der Waals surface area contributed by atoms with Crippen molar-refractivity contribution < 1.29 is 9.21 Å². The lowest BCUT2D eigenvalue weighted by Crippen LogP contribution is -2.10. The number of aryl methyl sites for hydroxylation is 1. The van der Waals surface area contributed by atoms with E-state index < -0.39 is 0 Å². The van der Waals surface area contributed by atoms with Crippen LogP contribution in [0.15, 0.2) is 40.8 Å². The first kappa shape index (κ1) is 12.4. The fourth-order valence-corrected chi connectivity index (χ4v) is 1.70. The third-order valence-corrected chi connectivity index (χ3v) is 2.80. The van der Waals surface area contributed by atoms with Crippen molar-refractivity contribution in [2.24, 2.45) is 0 Å². The summed E-state index contributed by atoms with van der Waals surface area (Å²) in [5.74, 6) is 1.33. The van der Waals surface area contributed by atoms with Crippen molar-refractivity contribution >= 4 is 11.6 Å². The van der Waals surface area contributed by atoms with E-state index in [1.165, 1.54) is 5.56 Å². The molecule has 0 aliphatic rings. The van der Waals surface area contributed by atoms with Crippen LogP contribution >= 0.6 is 0 Å². The topological polar surface area (TPSA) is 42.2 Å². The number of hydrogen-bond acceptors (Lipinski definition) is 2. The summed E-state index contributed by atoms with van der Waals surface area (Å²) in [5.41, 5.74) is 2.03. The zero-order chi connectivity index (χ0) is 13.1. The normalized spacial score (nSPS) is 10.7. The number of amides is 1. The highest BCUT2D eigenvalue weighted by Crippen LogP contribution is 2.18. The molecule has 18 heavy (non-hydrogen) atoms. The van der Waals surface area contributed by atoms with Crippen LogP contribution < -0.4 is 5.32 Å². The number of furan rings is 1. The monoisotopic (exact) mass is 243 g/mol. The molecule has 3 heteroatoms. The minimum absolute atomic E-state index is 0.222. The molecule has 0 spiro atoms. The van der Waals surface area contributed by atoms with E-state index in [4.69, 9.17) is 4.42 Å². The highest BCUT2D eigenvalue weighted by atomic mass is 16.3. The Morgan fingerprint density at radius 3 is 2.28 bits per heavy atom. The molecule has 0 saturated heterocycles. The van der Waals surface area contributed by atoms with Gasteiger partial charge < -0.3 is 9.73 Å². The zero-order valence-corrected chi connectivity index (χ0v) is 10.9. The molecule has 0 atom stereocenters. The van der Waals surface area contributed by atoms with Gasteiger partial charge in [0.2, 0.25) is 0 Å². The van der Waals surface area contributed by atoms with Gasteiger partial charge in [-0.25, -0.2) is 0 Å². The first-order valence-corrected chi connectivity index (χ1v) is 6.04. The molecular weight excluding hydrogens is 226 g/mol. The van der Waals surface area contributed by atoms with E-state index in [1.54, 1.807) is 12.1 Å². The standard InChI is InChI=1S/C15H17NO2/c1-10(2)12-5-7-13(8-6-12)16-15(17)14-9-4-11(3)18-14/h4-10H,1-3H3,(H,16,17). The molecule has 94 valence electrons. The third kappa shape index (κ3) is 2.80. The van der Waals surface area contributed by atoms with E-state index >= 15 is 0 Å². The van der Waals surface area contributed by atoms with Crippen molar-refractivity contribution in [3.8, 4) is 0 Å². The molecule has 0 aliphatic carbocycles. The molecule has 0 saturated carbocycles. The molecule has 2 aromatic rings. The Hall–Kier alpha value is -2.03. The van der Waals surface area contributed by atoms with Crippen molar-refractivity contribution in [3.63, 3.8) is 0 Å². The summed E-state index contributed by atoms with van der Waals surface area (Å²) in [6, 6.07) is 11.3. The van der Waals surface area contributed by atoms with Crippen LogP contribution in [-0.4, -0.2) is 5.91 Å². The van der Waals surface area contributed by atoms with Gasteiger partial charge >= 0.3 is 0 Å². The minimum atomic E-state index is -0.222. The molecule has 1 N–H and O–H groups in total. The molecule has 1 amide bonds. The van der Waals surface area contributed by atoms with Gasteiger partial charge in [-0.3, -0.25) is 4.79 Å². The van der Waals surface area contributed by atoms with Crippen molar-refractivity contribution in [3.05, 3.63) is 53.5 Å². The lowest BCUT2D eigenvalue weighted by molar-refractivity contribution is 0.0995. The predicted molar refractivity (Wildman–Crippen MR) is 71.9 cm³/mol. The van der Waals surface area contributed by atoms with Gasteiger partial charge in [0, 0.05) is 5.69 Å². The maximum Gasteiger partial charge on any atom is 0.291 e. The molecule has 0 radical (unpaired) electrons. The predicted octanol–water partition coefficient (Wildman–Crippen LogP) is 3.96. The van der Waals surface area contributed by atoms with Crippen molar-refractivity contribution in [1.29, 1.82) is 0 Å². The summed E-state index contributed by atoms with van der Waals surface area (Å²) in [7, 11) is 0. The number of carbonyl (C=O) groups is 1. The molecule has 3 nitrogen and oxygen atoms in total. The SMILES string of the molecule is Cc1ccc(C(=O)Nc2ccc(C(C)C)cc2)o1. The molecule has 0 unspecified atom stereocenters. The van der Waals surface area contributed by atoms with Gasteiger partial charge in [-0.15, -0.1) is 0 Å². The number of rotatable bonds is 3. The Morgan fingerprint density at radius 1 is 1.11 bits per heavy atom. The van der Waals surface area contributed by atoms with Crippen LogP contribution in [0.1, 0.15) is 41.6 Å². The second-order valence-corrected chi connectivity index (χ2v) is 4.64. The van der Waals surface area contributed by atoms with Crippen LogP contribution in [0.2, 0.25) is 0 Å². The Labute approximate surface area is 107 Å². The van der Waals surface area contributed by atoms with Crippen LogP contribution in [-0.2, 0) is 0 Å². The average molecular weight is 243 g/mol. The molecular formula is C15H17NO2. The fourth-order valence-electron chi connectivity index (χ4n) is 1.70. The van der Waals surface area contributed by atoms with Gasteiger partial charge in [-0.1, -0.05) is 26.0 Å². The van der Waals surface area contributed by atoms with E-state index in [0.717, 1.165) is 11.4 Å². The van der Waals surface area contributed by atoms with Gasteiger partial charge in [0.05, 0.1) is 0 Å². The average Bonchev–Trinajstić information content (AvgIpc) is 2.76. The van der Waals surface area contributed by atoms with Gasteiger partial charge in [0.1, 0.15) is 5.76 Å². The summed E-state index contributed by atoms with van der Waals surface area (Å²) < 4.78 is 5.27. The van der Waals surface area contributed by atoms with Gasteiger partial charge in [0.25, 0.3) is 5.91 Å². The first-order chi connectivity index (χ1) is 8.56. The largest absolute Gasteiger partial charge is 0.456 e. The lowest BCUT2D eigenvalue weighted by atomic mass is 10.0. The summed E-state index contributed by atoms with van der Waals surface area (Å²) in [5, 5.41) is 2.80. The highest BCUT2D eigenvalue weighted by Gasteiger charge is 2.10. The van der Waals surface area contributed by atoms with Crippen molar-refractivity contribution in [2.75, 3.05) is 5.32 Å². The number of carbonyl (C=O) groups excluding carboxylic acids is 1. The second-order valence-electron chi connectivity index (χ2n) is 4.64. The summed E-state index contributed by atoms with van der Waals surface area (Å²) in [6.45, 7) is 6.09. The van der Waals surface area contributed by atoms with E-state index in [2.05, 4.69) is 19.2 Å². The van der Waals surface area contributed by atoms with E-state index in [0.29, 0.717) is 11.7 Å². The Kier molecular flexibility index (Phi) is 3.51. The molecule has 1 aromatic carbocycles. The summed E-state index contributed by atoms with van der Waals surface area (Å²) in [4.78, 5) is 11.8. The fraction of sp³-hybridized carbons (Fsp3) is 0.267. The van der Waals surface area contributed by atoms with Crippen LogP contribution in [0.4, 0.5) is 5.69 Å². The van der Waals surface area contributed by atoms with Gasteiger partial charge in [-0.05, 0) is 42.7 Å². The van der Waals surface area contributed by atoms with Crippen LogP contribution in [0.3, 0.4) is 0 Å². The van der Waals surface area contributed by atoms with Gasteiger partial charge in [0.15, 0.2) is 5.76 Å². The Morgan fingerprint density at radius 2 is 1.78 bits per heavy atom. The van der Waals surface area contributed by atoms with Crippen LogP contribution in [0.25, 0.3) is 0 Å². The van der Waals surface area contributed by atoms with Gasteiger partial charge in [-0.2, -0.15) is 0 Å². The Balaban J connectivity index is 2.07. The quantitative estimate of drug-likeness (QED) is 0.886. The van der Waals surface area contributed by atoms with E-state index in [-0.39, 0.29) is 5.91 Å². The maximum atomic E-state index is 11.8. The van der Waals surface area contributed by atoms with Crippen LogP contribution in [0, 0.1) is 6.92 Å². The number of benzene rings is 1. The second kappa shape index (κ2) is 5.08. The van der Waals surface area contributed by atoms with E-state index in [1.807, 2.05) is 31.2 Å². The Bertz CT molecular complexity index is 538. The van der Waals surface area contributed by atoms with E-state index in [9.17, 15) is 4.79 Å². The molecule has 2 rings (SSSR count). The van der Waals surface area contributed by atoms with Crippen LogP contribution in [0.5, 0.6) is 0 Å². The zero-order valence-electron chi connectivity index (χ0n) is 10.9. The smallest absolute Gasteiger partial charge is 0.291 e. The molecule has 1 heterocycles. The first-order valence-electron chi connectivity index (χ1n) is 6.04. The molecule has 0 bridgehead atoms. The molecule has 0 aliphatic heterocycles. The minimum Gasteiger partial charge on any atom is -0.456 e. The summed E-state index contributed by atoms with van der Waals surface area (Å²) >= 11 is 0. The maximum absolute atomic E-state index is 11.8.